The highest BCUT2D eigenvalue weighted by molar-refractivity contribution is 14.0. The van der Waals surface area contributed by atoms with Crippen molar-refractivity contribution in [1.29, 1.82) is 0 Å². The molecule has 1 amide bonds. The number of guanidine groups is 1. The van der Waals surface area contributed by atoms with Gasteiger partial charge >= 0.3 is 0 Å². The van der Waals surface area contributed by atoms with E-state index in [-0.39, 0.29) is 29.9 Å². The standard InChI is InChI=1S/C25H31N5O.HI/c1-18-9-10-22-19(15-29-23(22)14-18)11-13-28-25(26-2)27-12-5-8-24(31)30-16-20-6-3-4-7-21(20)17-30;/h3-4,6-7,9-10,14-15,29H,5,8,11-13,16-17H2,1-2H3,(H2,26,27,28);1H. The maximum atomic E-state index is 12.5. The minimum Gasteiger partial charge on any atom is -0.361 e. The number of rotatable bonds is 7. The minimum absolute atomic E-state index is 0. The SMILES string of the molecule is CN=C(NCCCC(=O)N1Cc2ccccc2C1)NCCc1c[nH]c2cc(C)ccc12.I. The minimum atomic E-state index is 0. The lowest BCUT2D eigenvalue weighted by Gasteiger charge is -2.16. The second-order valence-corrected chi connectivity index (χ2v) is 8.16. The van der Waals surface area contributed by atoms with Gasteiger partial charge in [-0.25, -0.2) is 0 Å². The molecule has 0 radical (unpaired) electrons. The topological polar surface area (TPSA) is 72.5 Å². The number of amides is 1. The number of hydrogen-bond acceptors (Lipinski definition) is 2. The van der Waals surface area contributed by atoms with Crippen LogP contribution in [0, 0.1) is 6.92 Å². The largest absolute Gasteiger partial charge is 0.361 e. The van der Waals surface area contributed by atoms with Crippen molar-refractivity contribution >= 4 is 46.7 Å². The number of H-pyrrole nitrogens is 1. The predicted octanol–water partition coefficient (Wildman–Crippen LogP) is 4.12. The summed E-state index contributed by atoms with van der Waals surface area (Å²) in [7, 11) is 1.77. The van der Waals surface area contributed by atoms with Gasteiger partial charge in [-0.15, -0.1) is 24.0 Å². The van der Waals surface area contributed by atoms with Crippen molar-refractivity contribution < 1.29 is 4.79 Å². The molecule has 0 aliphatic carbocycles. The summed E-state index contributed by atoms with van der Waals surface area (Å²) in [4.78, 5) is 22.1. The van der Waals surface area contributed by atoms with Crippen molar-refractivity contribution in [3.63, 3.8) is 0 Å². The molecule has 0 saturated carbocycles. The van der Waals surface area contributed by atoms with Crippen molar-refractivity contribution in [2.45, 2.75) is 39.3 Å². The molecular weight excluding hydrogens is 513 g/mol. The molecule has 1 aromatic heterocycles. The van der Waals surface area contributed by atoms with Gasteiger partial charge < -0.3 is 20.5 Å². The number of carbonyl (C=O) groups excluding carboxylic acids is 1. The Bertz CT molecular complexity index is 1070. The van der Waals surface area contributed by atoms with Gasteiger partial charge in [0.15, 0.2) is 5.96 Å². The molecule has 32 heavy (non-hydrogen) atoms. The molecule has 1 aliphatic heterocycles. The molecule has 0 unspecified atom stereocenters. The van der Waals surface area contributed by atoms with Crippen LogP contribution >= 0.6 is 24.0 Å². The lowest BCUT2D eigenvalue weighted by atomic mass is 10.1. The second-order valence-electron chi connectivity index (χ2n) is 8.16. The quantitative estimate of drug-likeness (QED) is 0.181. The normalized spacial score (nSPS) is 13.1. The molecule has 4 rings (SSSR count). The first-order valence-corrected chi connectivity index (χ1v) is 11.0. The summed E-state index contributed by atoms with van der Waals surface area (Å²) in [5, 5.41) is 7.96. The second kappa shape index (κ2) is 11.4. The molecule has 0 saturated heterocycles. The number of carbonyl (C=O) groups is 1. The predicted molar refractivity (Wildman–Crippen MR) is 141 cm³/mol. The fraction of sp³-hybridized carbons (Fsp3) is 0.360. The van der Waals surface area contributed by atoms with Crippen molar-refractivity contribution in [2.24, 2.45) is 4.99 Å². The number of aromatic amines is 1. The Kier molecular flexibility index (Phi) is 8.55. The summed E-state index contributed by atoms with van der Waals surface area (Å²) in [5.41, 5.74) is 6.28. The van der Waals surface area contributed by atoms with Crippen LogP contribution in [0.3, 0.4) is 0 Å². The highest BCUT2D eigenvalue weighted by atomic mass is 127. The molecule has 170 valence electrons. The maximum Gasteiger partial charge on any atom is 0.223 e. The summed E-state index contributed by atoms with van der Waals surface area (Å²) in [6, 6.07) is 14.8. The number of aromatic nitrogens is 1. The van der Waals surface area contributed by atoms with Crippen molar-refractivity contribution in [2.75, 3.05) is 20.1 Å². The van der Waals surface area contributed by atoms with Crippen LogP contribution in [-0.4, -0.2) is 41.9 Å². The summed E-state index contributed by atoms with van der Waals surface area (Å²) in [6.07, 6.45) is 4.34. The Hall–Kier alpha value is -2.55. The van der Waals surface area contributed by atoms with Crippen LogP contribution < -0.4 is 10.6 Å². The molecule has 3 N–H and O–H groups in total. The average Bonchev–Trinajstić information content (AvgIpc) is 3.39. The van der Waals surface area contributed by atoms with Crippen LogP contribution in [0.5, 0.6) is 0 Å². The summed E-state index contributed by atoms with van der Waals surface area (Å²) in [6.45, 7) is 5.09. The van der Waals surface area contributed by atoms with Gasteiger partial charge in [-0.2, -0.15) is 0 Å². The number of aliphatic imine (C=N–C) groups is 1. The molecule has 0 atom stereocenters. The molecule has 7 heteroatoms. The number of nitrogens with zero attached hydrogens (tertiary/aromatic N) is 2. The summed E-state index contributed by atoms with van der Waals surface area (Å²) < 4.78 is 0. The van der Waals surface area contributed by atoms with Gasteiger partial charge in [0.05, 0.1) is 0 Å². The van der Waals surface area contributed by atoms with Crippen LogP contribution in [0.25, 0.3) is 10.9 Å². The molecule has 0 bridgehead atoms. The van der Waals surface area contributed by atoms with E-state index < -0.39 is 0 Å². The van der Waals surface area contributed by atoms with Crippen molar-refractivity contribution in [3.8, 4) is 0 Å². The molecule has 1 aliphatic rings. The molecular formula is C25H32IN5O. The van der Waals surface area contributed by atoms with Gasteiger partial charge in [0.25, 0.3) is 0 Å². The van der Waals surface area contributed by atoms with Crippen LogP contribution in [0.2, 0.25) is 0 Å². The van der Waals surface area contributed by atoms with Gasteiger partial charge in [-0.1, -0.05) is 36.4 Å². The zero-order chi connectivity index (χ0) is 21.6. The zero-order valence-corrected chi connectivity index (χ0v) is 21.1. The molecule has 6 nitrogen and oxygen atoms in total. The number of hydrogen-bond donors (Lipinski definition) is 3. The first-order chi connectivity index (χ1) is 15.1. The summed E-state index contributed by atoms with van der Waals surface area (Å²) in [5.74, 6) is 0.993. The molecule has 3 aromatic rings. The van der Waals surface area contributed by atoms with E-state index in [9.17, 15) is 4.79 Å². The lowest BCUT2D eigenvalue weighted by molar-refractivity contribution is -0.131. The number of aryl methyl sites for hydroxylation is 1. The van der Waals surface area contributed by atoms with Crippen LogP contribution in [0.4, 0.5) is 0 Å². The number of nitrogens with one attached hydrogen (secondary N) is 3. The van der Waals surface area contributed by atoms with E-state index in [4.69, 9.17) is 0 Å². The first kappa shape index (κ1) is 24.1. The van der Waals surface area contributed by atoms with E-state index in [2.05, 4.69) is 64.1 Å². The maximum absolute atomic E-state index is 12.5. The molecule has 0 spiro atoms. The Balaban J connectivity index is 0.00000289. The van der Waals surface area contributed by atoms with E-state index >= 15 is 0 Å². The third kappa shape index (κ3) is 5.82. The van der Waals surface area contributed by atoms with Crippen LogP contribution in [0.15, 0.2) is 53.7 Å². The van der Waals surface area contributed by atoms with Crippen molar-refractivity contribution in [3.05, 3.63) is 70.9 Å². The van der Waals surface area contributed by atoms with Gasteiger partial charge in [0.2, 0.25) is 5.91 Å². The van der Waals surface area contributed by atoms with Crippen molar-refractivity contribution in [1.82, 2.24) is 20.5 Å². The number of benzene rings is 2. The fourth-order valence-electron chi connectivity index (χ4n) is 4.16. The Morgan fingerprint density at radius 1 is 1.09 bits per heavy atom. The highest BCUT2D eigenvalue weighted by Crippen LogP contribution is 2.23. The van der Waals surface area contributed by atoms with Gasteiger partial charge in [0, 0.05) is 56.7 Å². The third-order valence-electron chi connectivity index (χ3n) is 5.89. The monoisotopic (exact) mass is 545 g/mol. The van der Waals surface area contributed by atoms with E-state index in [1.165, 1.54) is 33.2 Å². The highest BCUT2D eigenvalue weighted by Gasteiger charge is 2.22. The fourth-order valence-corrected chi connectivity index (χ4v) is 4.16. The Labute approximate surface area is 206 Å². The average molecular weight is 545 g/mol. The Morgan fingerprint density at radius 3 is 2.53 bits per heavy atom. The van der Waals surface area contributed by atoms with E-state index in [0.29, 0.717) is 6.42 Å². The molecule has 2 aromatic carbocycles. The van der Waals surface area contributed by atoms with E-state index in [0.717, 1.165) is 45.0 Å². The first-order valence-electron chi connectivity index (χ1n) is 11.0. The smallest absolute Gasteiger partial charge is 0.223 e. The van der Waals surface area contributed by atoms with Crippen LogP contribution in [0.1, 0.15) is 35.1 Å². The number of fused-ring (bicyclic) bond motifs is 2. The summed E-state index contributed by atoms with van der Waals surface area (Å²) >= 11 is 0. The van der Waals surface area contributed by atoms with E-state index in [1.807, 2.05) is 17.0 Å². The Morgan fingerprint density at radius 2 is 1.81 bits per heavy atom. The van der Waals surface area contributed by atoms with Gasteiger partial charge in [-0.3, -0.25) is 9.79 Å². The van der Waals surface area contributed by atoms with Gasteiger partial charge in [-0.05, 0) is 48.1 Å². The molecule has 0 fully saturated rings. The zero-order valence-electron chi connectivity index (χ0n) is 18.8. The lowest BCUT2D eigenvalue weighted by Crippen LogP contribution is -2.39. The van der Waals surface area contributed by atoms with Crippen LogP contribution in [-0.2, 0) is 24.3 Å². The molecule has 2 heterocycles. The third-order valence-corrected chi connectivity index (χ3v) is 5.89. The van der Waals surface area contributed by atoms with E-state index in [1.54, 1.807) is 7.05 Å². The van der Waals surface area contributed by atoms with Gasteiger partial charge in [0.1, 0.15) is 0 Å². The number of halogens is 1.